The van der Waals surface area contributed by atoms with Crippen molar-refractivity contribution in [1.29, 1.82) is 0 Å². The second-order valence-corrected chi connectivity index (χ2v) is 8.44. The van der Waals surface area contributed by atoms with Gasteiger partial charge in [-0.1, -0.05) is 48.4 Å². The van der Waals surface area contributed by atoms with Crippen LogP contribution in [0.15, 0.2) is 36.7 Å². The van der Waals surface area contributed by atoms with E-state index < -0.39 is 0 Å². The van der Waals surface area contributed by atoms with Crippen molar-refractivity contribution in [2.45, 2.75) is 46.7 Å². The molecular weight excluding hydrogens is 418 g/mol. The van der Waals surface area contributed by atoms with Crippen molar-refractivity contribution in [2.75, 3.05) is 0 Å². The Balaban J connectivity index is 1.59. The fourth-order valence-electron chi connectivity index (χ4n) is 3.52. The van der Waals surface area contributed by atoms with E-state index in [1.54, 1.807) is 0 Å². The fourth-order valence-corrected chi connectivity index (χ4v) is 3.90. The predicted molar refractivity (Wildman–Crippen MR) is 120 cm³/mol. The Labute approximate surface area is 185 Å². The van der Waals surface area contributed by atoms with Crippen LogP contribution in [0.1, 0.15) is 41.2 Å². The average molecular weight is 442 g/mol. The van der Waals surface area contributed by atoms with Gasteiger partial charge in [0.1, 0.15) is 5.82 Å². The molecule has 7 nitrogen and oxygen atoms in total. The lowest BCUT2D eigenvalue weighted by Crippen LogP contribution is -2.13. The highest BCUT2D eigenvalue weighted by atomic mass is 35.5. The number of aromatic amines is 1. The summed E-state index contributed by atoms with van der Waals surface area (Å²) in [6.45, 7) is 9.41. The summed E-state index contributed by atoms with van der Waals surface area (Å²) in [5.74, 6) is 0.894. The summed E-state index contributed by atoms with van der Waals surface area (Å²) in [4.78, 5) is 0. The molecule has 0 saturated carbocycles. The number of aromatic nitrogens is 7. The predicted octanol–water partition coefficient (Wildman–Crippen LogP) is 4.75. The molecule has 0 aliphatic carbocycles. The molecule has 9 heteroatoms. The molecule has 1 atom stereocenters. The molecule has 0 aliphatic heterocycles. The van der Waals surface area contributed by atoms with Crippen LogP contribution < -0.4 is 0 Å². The van der Waals surface area contributed by atoms with Gasteiger partial charge in [0.25, 0.3) is 0 Å². The molecule has 0 saturated heterocycles. The Morgan fingerprint density at radius 1 is 1.17 bits per heavy atom. The zero-order valence-corrected chi connectivity index (χ0v) is 19.0. The highest BCUT2D eigenvalue weighted by Crippen LogP contribution is 2.24. The van der Waals surface area contributed by atoms with Crippen molar-refractivity contribution < 1.29 is 0 Å². The first-order valence-electron chi connectivity index (χ1n) is 9.78. The number of aryl methyl sites for hydroxylation is 2. The van der Waals surface area contributed by atoms with Gasteiger partial charge in [0.2, 0.25) is 0 Å². The first-order valence-corrected chi connectivity index (χ1v) is 10.6. The van der Waals surface area contributed by atoms with Crippen LogP contribution in [0.3, 0.4) is 0 Å². The largest absolute Gasteiger partial charge is 0.269 e. The summed E-state index contributed by atoms with van der Waals surface area (Å²) in [6, 6.07) is 8.45. The molecule has 4 rings (SSSR count). The monoisotopic (exact) mass is 441 g/mol. The average Bonchev–Trinajstić information content (AvgIpc) is 3.39. The topological polar surface area (TPSA) is 69.2 Å². The van der Waals surface area contributed by atoms with Gasteiger partial charge in [-0.2, -0.15) is 15.3 Å². The Morgan fingerprint density at radius 3 is 2.57 bits per heavy atom. The normalized spacial score (nSPS) is 12.4. The first kappa shape index (κ1) is 20.6. The van der Waals surface area contributed by atoms with E-state index in [4.69, 9.17) is 23.8 Å². The molecule has 0 fully saturated rings. The van der Waals surface area contributed by atoms with Crippen molar-refractivity contribution in [2.24, 2.45) is 0 Å². The van der Waals surface area contributed by atoms with E-state index >= 15 is 0 Å². The molecule has 4 aromatic rings. The number of benzene rings is 1. The molecule has 0 unspecified atom stereocenters. The Kier molecular flexibility index (Phi) is 5.62. The van der Waals surface area contributed by atoms with Crippen LogP contribution in [0.2, 0.25) is 5.02 Å². The van der Waals surface area contributed by atoms with Crippen LogP contribution in [0, 0.1) is 25.5 Å². The maximum absolute atomic E-state index is 6.30. The van der Waals surface area contributed by atoms with Gasteiger partial charge in [0, 0.05) is 12.1 Å². The molecule has 3 heterocycles. The van der Waals surface area contributed by atoms with Gasteiger partial charge in [0.05, 0.1) is 41.4 Å². The lowest BCUT2D eigenvalue weighted by atomic mass is 10.1. The third kappa shape index (κ3) is 3.97. The first-order chi connectivity index (χ1) is 14.3. The van der Waals surface area contributed by atoms with Gasteiger partial charge in [0.15, 0.2) is 4.77 Å². The summed E-state index contributed by atoms with van der Waals surface area (Å²) in [5, 5.41) is 17.2. The van der Waals surface area contributed by atoms with Gasteiger partial charge < -0.3 is 0 Å². The Bertz CT molecular complexity index is 1230. The number of hydrogen-bond acceptors (Lipinski definition) is 4. The zero-order chi connectivity index (χ0) is 21.4. The molecule has 30 heavy (non-hydrogen) atoms. The Hall–Kier alpha value is -2.71. The smallest absolute Gasteiger partial charge is 0.199 e. The van der Waals surface area contributed by atoms with E-state index in [1.807, 2.05) is 40.2 Å². The molecule has 3 aromatic heterocycles. The number of rotatable bonds is 6. The minimum absolute atomic E-state index is 0.0625. The van der Waals surface area contributed by atoms with Gasteiger partial charge in [-0.15, -0.1) is 0 Å². The van der Waals surface area contributed by atoms with Crippen LogP contribution >= 0.6 is 23.8 Å². The SMILES string of the molecule is Cc1ccc(Cn2cc(-n3c([C@@H](C)Cn4nc(C)c(Cl)c4C)n[nH]c3=S)cn2)cc1. The molecule has 1 aromatic carbocycles. The third-order valence-electron chi connectivity index (χ3n) is 5.22. The Morgan fingerprint density at radius 2 is 1.90 bits per heavy atom. The van der Waals surface area contributed by atoms with Crippen LogP contribution in [0.4, 0.5) is 0 Å². The van der Waals surface area contributed by atoms with E-state index in [0.717, 1.165) is 22.9 Å². The molecule has 0 aliphatic rings. The van der Waals surface area contributed by atoms with Gasteiger partial charge in [-0.3, -0.25) is 19.0 Å². The molecular formula is C21H24ClN7S. The zero-order valence-electron chi connectivity index (χ0n) is 17.4. The lowest BCUT2D eigenvalue weighted by molar-refractivity contribution is 0.506. The summed E-state index contributed by atoms with van der Waals surface area (Å²) in [6.07, 6.45) is 3.80. The standard InChI is InChI=1S/C21H24ClN7S/c1-13-5-7-17(8-6-13)11-27-12-18(9-23-27)29-20(24-25-21(29)30)14(2)10-28-16(4)19(22)15(3)26-28/h5-9,12,14H,10-11H2,1-4H3,(H,25,30)/t14-/m0/s1. The second kappa shape index (κ2) is 8.20. The molecule has 0 radical (unpaired) electrons. The van der Waals surface area contributed by atoms with Crippen molar-refractivity contribution >= 4 is 23.8 Å². The molecule has 0 spiro atoms. The molecule has 0 amide bonds. The second-order valence-electron chi connectivity index (χ2n) is 7.67. The van der Waals surface area contributed by atoms with E-state index in [2.05, 4.69) is 58.5 Å². The van der Waals surface area contributed by atoms with Crippen LogP contribution in [0.25, 0.3) is 5.69 Å². The maximum Gasteiger partial charge on any atom is 0.199 e. The minimum Gasteiger partial charge on any atom is -0.269 e. The lowest BCUT2D eigenvalue weighted by Gasteiger charge is -2.13. The number of hydrogen-bond donors (Lipinski definition) is 1. The van der Waals surface area contributed by atoms with Crippen LogP contribution in [-0.2, 0) is 13.1 Å². The maximum atomic E-state index is 6.30. The number of H-pyrrole nitrogens is 1. The summed E-state index contributed by atoms with van der Waals surface area (Å²) in [5.41, 5.74) is 5.10. The molecule has 1 N–H and O–H groups in total. The third-order valence-corrected chi connectivity index (χ3v) is 6.04. The fraction of sp³-hybridized carbons (Fsp3) is 0.333. The van der Waals surface area contributed by atoms with Gasteiger partial charge >= 0.3 is 0 Å². The van der Waals surface area contributed by atoms with E-state index in [1.165, 1.54) is 11.1 Å². The van der Waals surface area contributed by atoms with Crippen molar-refractivity contribution in [3.63, 3.8) is 0 Å². The summed E-state index contributed by atoms with van der Waals surface area (Å²) in [7, 11) is 0. The van der Waals surface area contributed by atoms with Crippen molar-refractivity contribution in [3.05, 3.63) is 74.8 Å². The van der Waals surface area contributed by atoms with E-state index in [9.17, 15) is 0 Å². The number of halogens is 1. The van der Waals surface area contributed by atoms with E-state index in [-0.39, 0.29) is 5.92 Å². The van der Waals surface area contributed by atoms with Gasteiger partial charge in [-0.05, 0) is 38.6 Å². The minimum atomic E-state index is 0.0625. The van der Waals surface area contributed by atoms with Crippen LogP contribution in [-0.4, -0.2) is 34.3 Å². The number of nitrogens with zero attached hydrogens (tertiary/aromatic N) is 6. The van der Waals surface area contributed by atoms with Crippen molar-refractivity contribution in [3.8, 4) is 5.69 Å². The highest BCUT2D eigenvalue weighted by Gasteiger charge is 2.19. The van der Waals surface area contributed by atoms with E-state index in [0.29, 0.717) is 22.9 Å². The van der Waals surface area contributed by atoms with Crippen molar-refractivity contribution in [1.82, 2.24) is 34.3 Å². The highest BCUT2D eigenvalue weighted by molar-refractivity contribution is 7.71. The number of nitrogens with one attached hydrogen (secondary N) is 1. The summed E-state index contributed by atoms with van der Waals surface area (Å²) < 4.78 is 6.30. The van der Waals surface area contributed by atoms with Gasteiger partial charge in [-0.25, -0.2) is 0 Å². The molecule has 156 valence electrons. The summed E-state index contributed by atoms with van der Waals surface area (Å²) >= 11 is 11.8. The molecule has 0 bridgehead atoms. The van der Waals surface area contributed by atoms with Crippen LogP contribution in [0.5, 0.6) is 0 Å². The quantitative estimate of drug-likeness (QED) is 0.438.